The standard InChI is InChI=1S/C20H34N4S/c1-5-24(6-2)15-18-11-8-7-10-17(18)14-22-19(21-4)23-16-20(3)12-9-13-25-20/h7-8,10-11H,5-6,9,12-16H2,1-4H3,(H2,21,22,23). The average molecular weight is 363 g/mol. The number of benzene rings is 1. The van der Waals surface area contributed by atoms with E-state index in [9.17, 15) is 0 Å². The molecule has 1 unspecified atom stereocenters. The van der Waals surface area contributed by atoms with Crippen LogP contribution in [-0.4, -0.2) is 48.0 Å². The zero-order valence-electron chi connectivity index (χ0n) is 16.3. The molecule has 0 aromatic heterocycles. The fourth-order valence-electron chi connectivity index (χ4n) is 3.22. The van der Waals surface area contributed by atoms with Gasteiger partial charge in [0.15, 0.2) is 5.96 Å². The largest absolute Gasteiger partial charge is 0.355 e. The highest BCUT2D eigenvalue weighted by Crippen LogP contribution is 2.36. The van der Waals surface area contributed by atoms with Crippen LogP contribution < -0.4 is 10.6 Å². The zero-order chi connectivity index (χ0) is 18.1. The second kappa shape index (κ2) is 10.1. The van der Waals surface area contributed by atoms with E-state index < -0.39 is 0 Å². The van der Waals surface area contributed by atoms with Gasteiger partial charge in [-0.15, -0.1) is 0 Å². The second-order valence-corrected chi connectivity index (χ2v) is 8.59. The van der Waals surface area contributed by atoms with E-state index in [-0.39, 0.29) is 0 Å². The third-order valence-electron chi connectivity index (χ3n) is 5.01. The van der Waals surface area contributed by atoms with Gasteiger partial charge in [-0.3, -0.25) is 9.89 Å². The van der Waals surface area contributed by atoms with Crippen LogP contribution in [0.5, 0.6) is 0 Å². The maximum Gasteiger partial charge on any atom is 0.191 e. The zero-order valence-corrected chi connectivity index (χ0v) is 17.1. The minimum atomic E-state index is 0.346. The van der Waals surface area contributed by atoms with Crippen LogP contribution in [0.4, 0.5) is 0 Å². The van der Waals surface area contributed by atoms with Gasteiger partial charge in [-0.05, 0) is 49.7 Å². The van der Waals surface area contributed by atoms with Crippen molar-refractivity contribution >= 4 is 17.7 Å². The molecule has 1 aliphatic heterocycles. The molecular weight excluding hydrogens is 328 g/mol. The smallest absolute Gasteiger partial charge is 0.191 e. The molecule has 2 N–H and O–H groups in total. The van der Waals surface area contributed by atoms with Crippen molar-refractivity contribution in [2.45, 2.75) is 51.4 Å². The molecule has 0 radical (unpaired) electrons. The van der Waals surface area contributed by atoms with Crippen LogP contribution in [-0.2, 0) is 13.1 Å². The molecule has 0 aliphatic carbocycles. The predicted molar refractivity (Wildman–Crippen MR) is 111 cm³/mol. The molecular formula is C20H34N4S. The van der Waals surface area contributed by atoms with Gasteiger partial charge < -0.3 is 10.6 Å². The molecule has 25 heavy (non-hydrogen) atoms. The molecule has 0 spiro atoms. The fraction of sp³-hybridized carbons (Fsp3) is 0.650. The van der Waals surface area contributed by atoms with Gasteiger partial charge in [0.2, 0.25) is 0 Å². The summed E-state index contributed by atoms with van der Waals surface area (Å²) in [4.78, 5) is 6.84. The fourth-order valence-corrected chi connectivity index (χ4v) is 4.46. The maximum atomic E-state index is 4.39. The van der Waals surface area contributed by atoms with Crippen LogP contribution in [0.1, 0.15) is 44.7 Å². The number of rotatable bonds is 8. The first-order chi connectivity index (χ1) is 12.1. The first kappa shape index (κ1) is 20.1. The molecule has 1 saturated heterocycles. The molecule has 0 saturated carbocycles. The lowest BCUT2D eigenvalue weighted by Gasteiger charge is -2.24. The van der Waals surface area contributed by atoms with Crippen molar-refractivity contribution in [1.29, 1.82) is 0 Å². The van der Waals surface area contributed by atoms with E-state index in [0.29, 0.717) is 4.75 Å². The van der Waals surface area contributed by atoms with Gasteiger partial charge in [0.25, 0.3) is 0 Å². The molecule has 1 aromatic carbocycles. The Morgan fingerprint density at radius 1 is 1.20 bits per heavy atom. The highest BCUT2D eigenvalue weighted by atomic mass is 32.2. The summed E-state index contributed by atoms with van der Waals surface area (Å²) >= 11 is 2.08. The van der Waals surface area contributed by atoms with Crippen LogP contribution in [0, 0.1) is 0 Å². The Bertz CT molecular complexity index is 548. The normalized spacial score (nSPS) is 20.9. The van der Waals surface area contributed by atoms with Crippen molar-refractivity contribution in [2.24, 2.45) is 4.99 Å². The summed E-state index contributed by atoms with van der Waals surface area (Å²) in [5.74, 6) is 2.18. The van der Waals surface area contributed by atoms with E-state index in [0.717, 1.165) is 38.7 Å². The molecule has 1 atom stereocenters. The highest BCUT2D eigenvalue weighted by molar-refractivity contribution is 8.00. The van der Waals surface area contributed by atoms with Crippen molar-refractivity contribution in [3.8, 4) is 0 Å². The van der Waals surface area contributed by atoms with Gasteiger partial charge in [-0.1, -0.05) is 38.1 Å². The number of aliphatic imine (C=N–C) groups is 1. The highest BCUT2D eigenvalue weighted by Gasteiger charge is 2.29. The number of hydrogen-bond donors (Lipinski definition) is 2. The summed E-state index contributed by atoms with van der Waals surface area (Å²) in [6.45, 7) is 11.7. The third-order valence-corrected chi connectivity index (χ3v) is 6.55. The summed E-state index contributed by atoms with van der Waals surface area (Å²) in [7, 11) is 1.85. The van der Waals surface area contributed by atoms with Crippen LogP contribution in [0.2, 0.25) is 0 Å². The molecule has 4 nitrogen and oxygen atoms in total. The quantitative estimate of drug-likeness (QED) is 0.549. The van der Waals surface area contributed by atoms with E-state index in [1.54, 1.807) is 0 Å². The Balaban J connectivity index is 1.90. The van der Waals surface area contributed by atoms with Gasteiger partial charge in [0.1, 0.15) is 0 Å². The number of nitrogens with zero attached hydrogens (tertiary/aromatic N) is 2. The number of guanidine groups is 1. The molecule has 1 heterocycles. The summed E-state index contributed by atoms with van der Waals surface area (Å²) < 4.78 is 0.346. The van der Waals surface area contributed by atoms with Gasteiger partial charge in [-0.25, -0.2) is 0 Å². The van der Waals surface area contributed by atoms with E-state index in [4.69, 9.17) is 0 Å². The lowest BCUT2D eigenvalue weighted by molar-refractivity contribution is 0.295. The van der Waals surface area contributed by atoms with E-state index in [2.05, 4.69) is 77.3 Å². The predicted octanol–water partition coefficient (Wildman–Crippen LogP) is 3.48. The Kier molecular flexibility index (Phi) is 8.10. The SMILES string of the molecule is CCN(CC)Cc1ccccc1CNC(=NC)NCC1(C)CCCS1. The van der Waals surface area contributed by atoms with Crippen LogP contribution in [0.3, 0.4) is 0 Å². The summed E-state index contributed by atoms with van der Waals surface area (Å²) in [6.07, 6.45) is 2.61. The lowest BCUT2D eigenvalue weighted by Crippen LogP contribution is -2.43. The van der Waals surface area contributed by atoms with Crippen LogP contribution in [0.15, 0.2) is 29.3 Å². The summed E-state index contributed by atoms with van der Waals surface area (Å²) in [5, 5.41) is 7.00. The first-order valence-electron chi connectivity index (χ1n) is 9.48. The molecule has 1 fully saturated rings. The van der Waals surface area contributed by atoms with E-state index >= 15 is 0 Å². The average Bonchev–Trinajstić information content (AvgIpc) is 3.07. The Labute approximate surface area is 157 Å². The molecule has 0 bridgehead atoms. The molecule has 1 aliphatic rings. The van der Waals surface area contributed by atoms with Gasteiger partial charge >= 0.3 is 0 Å². The number of thioether (sulfide) groups is 1. The van der Waals surface area contributed by atoms with Crippen molar-refractivity contribution < 1.29 is 0 Å². The maximum absolute atomic E-state index is 4.39. The Morgan fingerprint density at radius 2 is 1.92 bits per heavy atom. The first-order valence-corrected chi connectivity index (χ1v) is 10.5. The van der Waals surface area contributed by atoms with E-state index in [1.807, 2.05) is 7.05 Å². The lowest BCUT2D eigenvalue weighted by atomic mass is 10.1. The molecule has 140 valence electrons. The topological polar surface area (TPSA) is 39.7 Å². The summed E-state index contributed by atoms with van der Waals surface area (Å²) in [5.41, 5.74) is 2.74. The van der Waals surface area contributed by atoms with Gasteiger partial charge in [0.05, 0.1) is 0 Å². The van der Waals surface area contributed by atoms with E-state index in [1.165, 1.54) is 29.7 Å². The van der Waals surface area contributed by atoms with Gasteiger partial charge in [-0.2, -0.15) is 11.8 Å². The van der Waals surface area contributed by atoms with Crippen LogP contribution in [0.25, 0.3) is 0 Å². The minimum Gasteiger partial charge on any atom is -0.355 e. The third kappa shape index (κ3) is 6.23. The van der Waals surface area contributed by atoms with Crippen molar-refractivity contribution in [1.82, 2.24) is 15.5 Å². The van der Waals surface area contributed by atoms with Crippen molar-refractivity contribution in [3.63, 3.8) is 0 Å². The second-order valence-electron chi connectivity index (χ2n) is 6.91. The Hall–Kier alpha value is -1.20. The van der Waals surface area contributed by atoms with Crippen LogP contribution >= 0.6 is 11.8 Å². The minimum absolute atomic E-state index is 0.346. The summed E-state index contributed by atoms with van der Waals surface area (Å²) in [6, 6.07) is 8.71. The monoisotopic (exact) mass is 362 g/mol. The number of nitrogens with one attached hydrogen (secondary N) is 2. The van der Waals surface area contributed by atoms with Crippen molar-refractivity contribution in [3.05, 3.63) is 35.4 Å². The molecule has 5 heteroatoms. The van der Waals surface area contributed by atoms with Crippen molar-refractivity contribution in [2.75, 3.05) is 32.4 Å². The molecule has 1 aromatic rings. The van der Waals surface area contributed by atoms with Gasteiger partial charge in [0, 0.05) is 31.4 Å². The molecule has 2 rings (SSSR count). The number of hydrogen-bond acceptors (Lipinski definition) is 3. The Morgan fingerprint density at radius 3 is 2.52 bits per heavy atom. The molecule has 0 amide bonds.